The van der Waals surface area contributed by atoms with Crippen LogP contribution >= 0.6 is 11.8 Å². The maximum atomic E-state index is 13.4. The van der Waals surface area contributed by atoms with Gasteiger partial charge in [-0.15, -0.1) is 0 Å². The number of benzene rings is 1. The number of imidazole rings is 1. The third-order valence-corrected chi connectivity index (χ3v) is 5.47. The molecule has 0 aliphatic carbocycles. The van der Waals surface area contributed by atoms with Crippen LogP contribution in [-0.4, -0.2) is 38.8 Å². The minimum atomic E-state index is -0.636. The van der Waals surface area contributed by atoms with Gasteiger partial charge in [-0.2, -0.15) is 11.8 Å². The molecular formula is C18H21F2N3OS. The number of rotatable bonds is 4. The van der Waals surface area contributed by atoms with Gasteiger partial charge in [-0.05, 0) is 44.6 Å². The quantitative estimate of drug-likeness (QED) is 0.885. The Bertz CT molecular complexity index is 744. The van der Waals surface area contributed by atoms with Crippen molar-refractivity contribution in [3.05, 3.63) is 41.9 Å². The van der Waals surface area contributed by atoms with E-state index in [1.54, 1.807) is 6.20 Å². The van der Waals surface area contributed by atoms with E-state index in [4.69, 9.17) is 0 Å². The maximum Gasteiger partial charge on any atom is 0.236 e. The number of nitrogens with zero attached hydrogens (tertiary/aromatic N) is 2. The van der Waals surface area contributed by atoms with E-state index >= 15 is 0 Å². The van der Waals surface area contributed by atoms with Gasteiger partial charge in [-0.1, -0.05) is 0 Å². The van der Waals surface area contributed by atoms with E-state index in [2.05, 4.69) is 9.97 Å². The van der Waals surface area contributed by atoms with Gasteiger partial charge < -0.3 is 9.88 Å². The normalized spacial score (nSPS) is 19.0. The topological polar surface area (TPSA) is 49.0 Å². The maximum absolute atomic E-state index is 13.4. The molecule has 1 aliphatic heterocycles. The molecule has 1 fully saturated rings. The number of aromatic nitrogens is 2. The lowest BCUT2D eigenvalue weighted by Gasteiger charge is -2.36. The van der Waals surface area contributed by atoms with Gasteiger partial charge in [-0.25, -0.2) is 13.8 Å². The van der Waals surface area contributed by atoms with Crippen LogP contribution in [0.3, 0.4) is 0 Å². The van der Waals surface area contributed by atoms with Gasteiger partial charge in [0.05, 0.1) is 17.0 Å². The third kappa shape index (κ3) is 3.86. The number of likely N-dealkylation sites (tertiary alicyclic amines) is 1. The van der Waals surface area contributed by atoms with Crippen molar-refractivity contribution in [3.8, 4) is 11.3 Å². The molecule has 134 valence electrons. The summed E-state index contributed by atoms with van der Waals surface area (Å²) in [6.45, 7) is 2.61. The Morgan fingerprint density at radius 2 is 2.04 bits per heavy atom. The van der Waals surface area contributed by atoms with Crippen LogP contribution in [0.4, 0.5) is 8.78 Å². The fourth-order valence-corrected chi connectivity index (χ4v) is 3.51. The Morgan fingerprint density at radius 1 is 1.32 bits per heavy atom. The van der Waals surface area contributed by atoms with E-state index in [0.29, 0.717) is 23.6 Å². The number of nitrogens with one attached hydrogen (secondary N) is 1. The number of piperidine rings is 1. The molecule has 1 aliphatic rings. The van der Waals surface area contributed by atoms with E-state index in [1.165, 1.54) is 23.9 Å². The summed E-state index contributed by atoms with van der Waals surface area (Å²) in [6.07, 6.45) is 6.39. The molecule has 1 saturated heterocycles. The fourth-order valence-electron chi connectivity index (χ4n) is 3.17. The molecule has 7 heteroatoms. The van der Waals surface area contributed by atoms with Crippen LogP contribution in [0.15, 0.2) is 24.4 Å². The van der Waals surface area contributed by atoms with E-state index < -0.39 is 11.6 Å². The fraction of sp³-hybridized carbons (Fsp3) is 0.444. The number of hydrogen-bond acceptors (Lipinski definition) is 3. The molecule has 1 N–H and O–H groups in total. The van der Waals surface area contributed by atoms with E-state index in [-0.39, 0.29) is 17.2 Å². The van der Waals surface area contributed by atoms with Crippen molar-refractivity contribution in [3.63, 3.8) is 0 Å². The minimum absolute atomic E-state index is 0.104. The summed E-state index contributed by atoms with van der Waals surface area (Å²) >= 11 is 1.52. The first-order chi connectivity index (χ1) is 12.0. The molecule has 0 spiro atoms. The molecule has 4 nitrogen and oxygen atoms in total. The number of H-pyrrole nitrogens is 1. The Balaban J connectivity index is 1.87. The summed E-state index contributed by atoms with van der Waals surface area (Å²) in [5.74, 6) is -0.501. The van der Waals surface area contributed by atoms with Crippen molar-refractivity contribution >= 4 is 17.7 Å². The average Bonchev–Trinajstić information content (AvgIpc) is 3.09. The standard InChI is InChI=1S/C18H21F2N3OS/c1-11(25-2)18(24)23-6-4-3-5-16(23)17-21-10-15(22-17)12-7-13(19)9-14(20)8-12/h7-11,16H,3-6H2,1-2H3,(H,21,22). The molecule has 0 radical (unpaired) electrons. The van der Waals surface area contributed by atoms with Crippen LogP contribution < -0.4 is 0 Å². The van der Waals surface area contributed by atoms with Gasteiger partial charge in [0.2, 0.25) is 5.91 Å². The number of amides is 1. The molecule has 2 atom stereocenters. The first-order valence-electron chi connectivity index (χ1n) is 8.34. The van der Waals surface area contributed by atoms with E-state index in [1.807, 2.05) is 18.1 Å². The first kappa shape index (κ1) is 17.9. The highest BCUT2D eigenvalue weighted by Gasteiger charge is 2.32. The number of aromatic amines is 1. The van der Waals surface area contributed by atoms with Crippen LogP contribution in [0.1, 0.15) is 38.1 Å². The zero-order valence-corrected chi connectivity index (χ0v) is 15.1. The Labute approximate surface area is 150 Å². The van der Waals surface area contributed by atoms with E-state index in [0.717, 1.165) is 25.3 Å². The number of carbonyl (C=O) groups is 1. The smallest absolute Gasteiger partial charge is 0.236 e. The second kappa shape index (κ2) is 7.56. The summed E-state index contributed by atoms with van der Waals surface area (Å²) in [7, 11) is 0. The van der Waals surface area contributed by atoms with Gasteiger partial charge in [-0.3, -0.25) is 4.79 Å². The second-order valence-electron chi connectivity index (χ2n) is 6.25. The van der Waals surface area contributed by atoms with Gasteiger partial charge in [0.25, 0.3) is 0 Å². The third-order valence-electron chi connectivity index (χ3n) is 4.56. The summed E-state index contributed by atoms with van der Waals surface area (Å²) < 4.78 is 26.9. The molecular weight excluding hydrogens is 344 g/mol. The number of hydrogen-bond donors (Lipinski definition) is 1. The van der Waals surface area contributed by atoms with Crippen molar-refractivity contribution < 1.29 is 13.6 Å². The monoisotopic (exact) mass is 365 g/mol. The predicted octanol–water partition coefficient (Wildman–Crippen LogP) is 4.16. The molecule has 0 bridgehead atoms. The lowest BCUT2D eigenvalue weighted by Crippen LogP contribution is -2.42. The van der Waals surface area contributed by atoms with Crippen LogP contribution in [0.2, 0.25) is 0 Å². The summed E-state index contributed by atoms with van der Waals surface area (Å²) in [5.41, 5.74) is 0.857. The van der Waals surface area contributed by atoms with Crippen LogP contribution in [0.5, 0.6) is 0 Å². The molecule has 0 saturated carbocycles. The molecule has 2 unspecified atom stereocenters. The lowest BCUT2D eigenvalue weighted by atomic mass is 10.0. The molecule has 1 aromatic heterocycles. The largest absolute Gasteiger partial charge is 0.346 e. The number of halogens is 2. The Hall–Kier alpha value is -1.89. The molecule has 25 heavy (non-hydrogen) atoms. The van der Waals surface area contributed by atoms with Gasteiger partial charge >= 0.3 is 0 Å². The average molecular weight is 365 g/mol. The van der Waals surface area contributed by atoms with Crippen molar-refractivity contribution in [1.29, 1.82) is 0 Å². The second-order valence-corrected chi connectivity index (χ2v) is 7.43. The lowest BCUT2D eigenvalue weighted by molar-refractivity contribution is -0.134. The zero-order chi connectivity index (χ0) is 18.0. The summed E-state index contributed by atoms with van der Waals surface area (Å²) in [4.78, 5) is 22.1. The van der Waals surface area contributed by atoms with Gasteiger partial charge in [0.15, 0.2) is 0 Å². The highest BCUT2D eigenvalue weighted by Crippen LogP contribution is 2.32. The van der Waals surface area contributed by atoms with Crippen molar-refractivity contribution in [2.45, 2.75) is 37.5 Å². The molecule has 1 aromatic carbocycles. The zero-order valence-electron chi connectivity index (χ0n) is 14.3. The molecule has 3 rings (SSSR count). The number of carbonyl (C=O) groups excluding carboxylic acids is 1. The summed E-state index contributed by atoms with van der Waals surface area (Å²) in [5, 5.41) is -0.104. The SMILES string of the molecule is CSC(C)C(=O)N1CCCCC1c1nc(-c2cc(F)cc(F)c2)c[nH]1. The van der Waals surface area contributed by atoms with Crippen molar-refractivity contribution in [1.82, 2.24) is 14.9 Å². The van der Waals surface area contributed by atoms with E-state index in [9.17, 15) is 13.6 Å². The Morgan fingerprint density at radius 3 is 2.72 bits per heavy atom. The van der Waals surface area contributed by atoms with Crippen LogP contribution in [0, 0.1) is 11.6 Å². The minimum Gasteiger partial charge on any atom is -0.346 e. The molecule has 2 heterocycles. The van der Waals surface area contributed by atoms with Crippen LogP contribution in [-0.2, 0) is 4.79 Å². The first-order valence-corrected chi connectivity index (χ1v) is 9.63. The number of thioether (sulfide) groups is 1. The molecule has 2 aromatic rings. The van der Waals surface area contributed by atoms with Crippen molar-refractivity contribution in [2.24, 2.45) is 0 Å². The van der Waals surface area contributed by atoms with Crippen LogP contribution in [0.25, 0.3) is 11.3 Å². The van der Waals surface area contributed by atoms with Gasteiger partial charge in [0, 0.05) is 24.4 Å². The van der Waals surface area contributed by atoms with Gasteiger partial charge in [0.1, 0.15) is 17.5 Å². The summed E-state index contributed by atoms with van der Waals surface area (Å²) in [6, 6.07) is 3.22. The predicted molar refractivity (Wildman–Crippen MR) is 95.2 cm³/mol. The molecule has 1 amide bonds. The van der Waals surface area contributed by atoms with Crippen molar-refractivity contribution in [2.75, 3.05) is 12.8 Å². The Kier molecular flexibility index (Phi) is 5.42. The highest BCUT2D eigenvalue weighted by molar-refractivity contribution is 7.99. The highest BCUT2D eigenvalue weighted by atomic mass is 32.2.